The van der Waals surface area contributed by atoms with Crippen molar-refractivity contribution in [2.24, 2.45) is 0 Å². The van der Waals surface area contributed by atoms with Crippen LogP contribution in [-0.4, -0.2) is 28.1 Å². The highest BCUT2D eigenvalue weighted by molar-refractivity contribution is 9.10. The van der Waals surface area contributed by atoms with Crippen molar-refractivity contribution in [2.45, 2.75) is 0 Å². The summed E-state index contributed by atoms with van der Waals surface area (Å²) in [5, 5.41) is 12.9. The van der Waals surface area contributed by atoms with Crippen LogP contribution in [-0.2, 0) is 4.79 Å². The van der Waals surface area contributed by atoms with Gasteiger partial charge in [0, 0.05) is 6.20 Å². The fourth-order valence-corrected chi connectivity index (χ4v) is 1.39. The molecule has 1 fully saturated rings. The maximum absolute atomic E-state index is 11.3. The first kappa shape index (κ1) is 10.7. The van der Waals surface area contributed by atoms with Crippen molar-refractivity contribution >= 4 is 33.4 Å². The zero-order chi connectivity index (χ0) is 11.5. The maximum Gasteiger partial charge on any atom is 0.254 e. The molecule has 82 valence electrons. The molecule has 1 aromatic heterocycles. The lowest BCUT2D eigenvalue weighted by Crippen LogP contribution is -2.14. The second kappa shape index (κ2) is 4.40. The number of nitrogens with zero attached hydrogens (tertiary/aromatic N) is 2. The third-order valence-corrected chi connectivity index (χ3v) is 2.39. The fraction of sp³-hybridized carbons (Fsp3) is 0.111. The first-order valence-corrected chi connectivity index (χ1v) is 5.26. The molecule has 3 N–H and O–H groups in total. The van der Waals surface area contributed by atoms with E-state index < -0.39 is 0 Å². The van der Waals surface area contributed by atoms with E-state index in [1.54, 1.807) is 6.20 Å². The topological polar surface area (TPSA) is 90.8 Å². The van der Waals surface area contributed by atoms with Crippen LogP contribution in [0.5, 0.6) is 0 Å². The zero-order valence-corrected chi connectivity index (χ0v) is 9.71. The van der Waals surface area contributed by atoms with Crippen LogP contribution < -0.4 is 10.6 Å². The van der Waals surface area contributed by atoms with Crippen LogP contribution >= 0.6 is 15.9 Å². The smallest absolute Gasteiger partial charge is 0.254 e. The van der Waals surface area contributed by atoms with Crippen LogP contribution in [0.3, 0.4) is 0 Å². The van der Waals surface area contributed by atoms with Crippen molar-refractivity contribution in [3.05, 3.63) is 28.8 Å². The van der Waals surface area contributed by atoms with E-state index in [-0.39, 0.29) is 18.2 Å². The van der Waals surface area contributed by atoms with Crippen LogP contribution in [0.1, 0.15) is 0 Å². The van der Waals surface area contributed by atoms with Gasteiger partial charge in [-0.3, -0.25) is 4.79 Å². The van der Waals surface area contributed by atoms with Gasteiger partial charge in [0.25, 0.3) is 5.91 Å². The lowest BCUT2D eigenvalue weighted by Gasteiger charge is -1.99. The summed E-state index contributed by atoms with van der Waals surface area (Å²) in [5.41, 5.74) is 0.590. The van der Waals surface area contributed by atoms with E-state index >= 15 is 0 Å². The van der Waals surface area contributed by atoms with Crippen LogP contribution in [0.15, 0.2) is 28.8 Å². The molecule has 1 aliphatic heterocycles. The highest BCUT2D eigenvalue weighted by Gasteiger charge is 2.21. The molecule has 1 saturated heterocycles. The normalized spacial score (nSPS) is 17.7. The number of carbonyl (C=O) groups excluding carboxylic acids is 1. The molecule has 0 unspecified atom stereocenters. The van der Waals surface area contributed by atoms with Crippen molar-refractivity contribution in [1.82, 2.24) is 15.3 Å². The van der Waals surface area contributed by atoms with E-state index in [0.717, 1.165) is 0 Å². The second-order valence-electron chi connectivity index (χ2n) is 3.09. The molecule has 2 rings (SSSR count). The summed E-state index contributed by atoms with van der Waals surface area (Å²) >= 11 is 3.17. The van der Waals surface area contributed by atoms with Crippen LogP contribution in [0, 0.1) is 5.41 Å². The molecule has 1 amide bonds. The molecule has 16 heavy (non-hydrogen) atoms. The predicted molar refractivity (Wildman–Crippen MR) is 62.2 cm³/mol. The first-order valence-electron chi connectivity index (χ1n) is 4.47. The Morgan fingerprint density at radius 2 is 2.31 bits per heavy atom. The molecule has 0 saturated carbocycles. The molecule has 7 heteroatoms. The van der Waals surface area contributed by atoms with Crippen LogP contribution in [0.25, 0.3) is 0 Å². The highest BCUT2D eigenvalue weighted by atomic mass is 79.9. The molecule has 0 atom stereocenters. The third-order valence-electron chi connectivity index (χ3n) is 1.98. The molecule has 0 spiro atoms. The molecular weight excluding hydrogens is 274 g/mol. The minimum atomic E-state index is -0.248. The Hall–Kier alpha value is -1.76. The van der Waals surface area contributed by atoms with Crippen LogP contribution in [0.4, 0.5) is 5.82 Å². The second-order valence-corrected chi connectivity index (χ2v) is 3.90. The molecule has 0 aliphatic carbocycles. The van der Waals surface area contributed by atoms with Gasteiger partial charge >= 0.3 is 0 Å². The number of aromatic nitrogens is 2. The van der Waals surface area contributed by atoms with Gasteiger partial charge in [0.05, 0.1) is 30.2 Å². The monoisotopic (exact) mass is 281 g/mol. The lowest BCUT2D eigenvalue weighted by molar-refractivity contribution is -0.116. The molecule has 1 aliphatic rings. The average Bonchev–Trinajstić information content (AvgIpc) is 2.59. The maximum atomic E-state index is 11.3. The van der Waals surface area contributed by atoms with Gasteiger partial charge in [-0.05, 0) is 15.9 Å². The molecule has 0 aromatic carbocycles. The summed E-state index contributed by atoms with van der Waals surface area (Å²) in [7, 11) is 0. The quantitative estimate of drug-likeness (QED) is 0.696. The van der Waals surface area contributed by atoms with Gasteiger partial charge in [0.15, 0.2) is 0 Å². The minimum Gasteiger partial charge on any atom is -0.346 e. The van der Waals surface area contributed by atoms with E-state index in [0.29, 0.717) is 16.0 Å². The lowest BCUT2D eigenvalue weighted by atomic mass is 10.2. The Morgan fingerprint density at radius 3 is 2.88 bits per heavy atom. The van der Waals surface area contributed by atoms with Gasteiger partial charge < -0.3 is 16.0 Å². The largest absolute Gasteiger partial charge is 0.346 e. The summed E-state index contributed by atoms with van der Waals surface area (Å²) in [6, 6.07) is 0. The van der Waals surface area contributed by atoms with Gasteiger partial charge in [-0.2, -0.15) is 0 Å². The number of halogens is 1. The summed E-state index contributed by atoms with van der Waals surface area (Å²) in [6.07, 6.45) is 4.53. The molecule has 1 aromatic rings. The summed E-state index contributed by atoms with van der Waals surface area (Å²) < 4.78 is 0.636. The van der Waals surface area contributed by atoms with Gasteiger partial charge in [0.2, 0.25) is 0 Å². The summed E-state index contributed by atoms with van der Waals surface area (Å²) in [4.78, 5) is 19.2. The number of hydrogen-bond donors (Lipinski definition) is 3. The van der Waals surface area contributed by atoms with Crippen molar-refractivity contribution in [3.63, 3.8) is 0 Å². The number of rotatable bonds is 2. The van der Waals surface area contributed by atoms with E-state index in [9.17, 15) is 4.79 Å². The molecular formula is C9H8BrN5O. The minimum absolute atomic E-state index is 0.248. The molecule has 2 heterocycles. The number of carbonyl (C=O) groups is 1. The van der Waals surface area contributed by atoms with Crippen molar-refractivity contribution in [2.75, 3.05) is 11.9 Å². The van der Waals surface area contributed by atoms with E-state index in [1.807, 2.05) is 0 Å². The van der Waals surface area contributed by atoms with Crippen LogP contribution in [0.2, 0.25) is 0 Å². The number of anilines is 1. The number of amides is 1. The summed E-state index contributed by atoms with van der Waals surface area (Å²) in [5.74, 6) is 0.269. The summed E-state index contributed by atoms with van der Waals surface area (Å²) in [6.45, 7) is 0.276. The van der Waals surface area contributed by atoms with Gasteiger partial charge in [-0.1, -0.05) is 0 Å². The Balaban J connectivity index is 2.11. The van der Waals surface area contributed by atoms with Gasteiger partial charge in [-0.25, -0.2) is 9.97 Å². The Labute approximate surface area is 99.8 Å². The number of nitrogens with one attached hydrogen (secondary N) is 3. The van der Waals surface area contributed by atoms with E-state index in [2.05, 4.69) is 36.5 Å². The molecule has 0 radical (unpaired) electrons. The SMILES string of the molecule is N=C1CNC(=O)/C1=C/Nc1cnc(Br)cn1. The Kier molecular flexibility index (Phi) is 2.95. The van der Waals surface area contributed by atoms with Crippen molar-refractivity contribution in [3.8, 4) is 0 Å². The molecule has 0 bridgehead atoms. The molecule has 6 nitrogen and oxygen atoms in total. The fourth-order valence-electron chi connectivity index (χ4n) is 1.18. The Morgan fingerprint density at radius 1 is 1.50 bits per heavy atom. The first-order chi connectivity index (χ1) is 7.66. The van der Waals surface area contributed by atoms with E-state index in [4.69, 9.17) is 5.41 Å². The third kappa shape index (κ3) is 2.25. The average molecular weight is 282 g/mol. The van der Waals surface area contributed by atoms with Gasteiger partial charge in [-0.15, -0.1) is 0 Å². The predicted octanol–water partition coefficient (Wildman–Crippen LogP) is 0.684. The zero-order valence-electron chi connectivity index (χ0n) is 8.12. The van der Waals surface area contributed by atoms with Gasteiger partial charge in [0.1, 0.15) is 10.4 Å². The number of hydrogen-bond acceptors (Lipinski definition) is 5. The standard InChI is InChI=1S/C9H8BrN5O/c10-7-3-14-8(4-12-7)13-1-5-6(11)2-15-9(5)16/h1,3-4,11H,2H2,(H,13,14)(H,15,16)/b5-1+,11-6?. The Bertz CT molecular complexity index is 449. The van der Waals surface area contributed by atoms with Crippen molar-refractivity contribution in [1.29, 1.82) is 5.41 Å². The van der Waals surface area contributed by atoms with Crippen molar-refractivity contribution < 1.29 is 4.79 Å². The van der Waals surface area contributed by atoms with E-state index in [1.165, 1.54) is 12.4 Å². The highest BCUT2D eigenvalue weighted by Crippen LogP contribution is 2.08.